The molecule has 1 heterocycles. The number of unbranched alkanes of at least 4 members (excludes halogenated alkanes) is 1. The first kappa shape index (κ1) is 23.3. The van der Waals surface area contributed by atoms with E-state index in [2.05, 4.69) is 21.9 Å². The summed E-state index contributed by atoms with van der Waals surface area (Å²) in [6.07, 6.45) is -1.57. The minimum atomic E-state index is -4.65. The summed E-state index contributed by atoms with van der Waals surface area (Å²) in [4.78, 5) is 2.35. The molecule has 0 spiro atoms. The van der Waals surface area contributed by atoms with E-state index in [0.717, 1.165) is 51.0 Å². The van der Waals surface area contributed by atoms with Crippen LogP contribution in [-0.4, -0.2) is 37.4 Å². The van der Waals surface area contributed by atoms with E-state index < -0.39 is 6.36 Å². The van der Waals surface area contributed by atoms with Crippen LogP contribution in [-0.2, 0) is 0 Å². The molecular weight excluding hydrogens is 364 g/mol. The number of alkyl halides is 3. The van der Waals surface area contributed by atoms with Gasteiger partial charge in [-0.2, -0.15) is 0 Å². The fourth-order valence-electron chi connectivity index (χ4n) is 2.87. The van der Waals surface area contributed by atoms with Crippen LogP contribution in [0, 0.1) is 0 Å². The number of piperazine rings is 1. The molecule has 24 heavy (non-hydrogen) atoms. The van der Waals surface area contributed by atoms with Crippen LogP contribution in [0.2, 0.25) is 0 Å². The van der Waals surface area contributed by atoms with Crippen molar-refractivity contribution in [1.29, 1.82) is 0 Å². The zero-order valence-corrected chi connectivity index (χ0v) is 15.3. The second-order valence-electron chi connectivity index (χ2n) is 5.56. The summed E-state index contributed by atoms with van der Waals surface area (Å²) in [6, 6.07) is 6.56. The Balaban J connectivity index is 0.00000264. The second-order valence-corrected chi connectivity index (χ2v) is 5.56. The third-order valence-electron chi connectivity index (χ3n) is 3.90. The third kappa shape index (κ3) is 7.47. The highest BCUT2D eigenvalue weighted by Gasteiger charge is 2.31. The molecule has 8 heteroatoms. The van der Waals surface area contributed by atoms with Crippen molar-refractivity contribution >= 4 is 24.8 Å². The van der Waals surface area contributed by atoms with E-state index >= 15 is 0 Å². The molecule has 0 amide bonds. The standard InChI is InChI=1S/C16H23F3N2O.2ClH/c1-2-3-7-15(21-10-8-20-9-11-21)13-5-4-6-14(12-13)22-16(17,18)19;;/h4-6,12,15,20H,2-3,7-11H2,1H3;2*1H/t15-;;/m1../s1. The van der Waals surface area contributed by atoms with Crippen molar-refractivity contribution in [2.45, 2.75) is 38.6 Å². The lowest BCUT2D eigenvalue weighted by Crippen LogP contribution is -2.45. The number of hydrogen-bond acceptors (Lipinski definition) is 3. The number of nitrogens with zero attached hydrogens (tertiary/aromatic N) is 1. The predicted octanol–water partition coefficient (Wildman–Crippen LogP) is 4.57. The Kier molecular flexibility index (Phi) is 10.7. The molecule has 0 aromatic heterocycles. The van der Waals surface area contributed by atoms with Gasteiger partial charge in [-0.1, -0.05) is 31.9 Å². The van der Waals surface area contributed by atoms with Crippen LogP contribution in [0.1, 0.15) is 37.8 Å². The molecule has 1 aliphatic rings. The average Bonchev–Trinajstić information content (AvgIpc) is 2.47. The molecular formula is C16H25Cl2F3N2O. The van der Waals surface area contributed by atoms with E-state index in [1.165, 1.54) is 12.1 Å². The van der Waals surface area contributed by atoms with Crippen LogP contribution < -0.4 is 10.1 Å². The van der Waals surface area contributed by atoms with E-state index in [4.69, 9.17) is 0 Å². The molecule has 1 aromatic carbocycles. The molecule has 1 saturated heterocycles. The molecule has 1 fully saturated rings. The zero-order valence-electron chi connectivity index (χ0n) is 13.6. The average molecular weight is 389 g/mol. The maximum Gasteiger partial charge on any atom is 0.573 e. The predicted molar refractivity (Wildman–Crippen MR) is 94.3 cm³/mol. The number of halogens is 5. The third-order valence-corrected chi connectivity index (χ3v) is 3.90. The van der Waals surface area contributed by atoms with Crippen LogP contribution in [0.5, 0.6) is 5.75 Å². The Hall–Kier alpha value is -0.690. The Morgan fingerprint density at radius 2 is 1.88 bits per heavy atom. The van der Waals surface area contributed by atoms with Gasteiger partial charge >= 0.3 is 6.36 Å². The van der Waals surface area contributed by atoms with E-state index in [9.17, 15) is 13.2 Å². The molecule has 3 nitrogen and oxygen atoms in total. The number of benzene rings is 1. The Morgan fingerprint density at radius 1 is 1.21 bits per heavy atom. The highest BCUT2D eigenvalue weighted by molar-refractivity contribution is 5.85. The molecule has 0 aliphatic carbocycles. The maximum absolute atomic E-state index is 12.4. The Morgan fingerprint density at radius 3 is 2.46 bits per heavy atom. The van der Waals surface area contributed by atoms with E-state index in [-0.39, 0.29) is 36.6 Å². The number of nitrogens with one attached hydrogen (secondary N) is 1. The fourth-order valence-corrected chi connectivity index (χ4v) is 2.87. The molecule has 0 saturated carbocycles. The molecule has 1 atom stereocenters. The van der Waals surface area contributed by atoms with Crippen LogP contribution in [0.15, 0.2) is 24.3 Å². The van der Waals surface area contributed by atoms with Crippen molar-refractivity contribution in [3.63, 3.8) is 0 Å². The van der Waals surface area contributed by atoms with Gasteiger partial charge in [0.05, 0.1) is 0 Å². The van der Waals surface area contributed by atoms with Crippen molar-refractivity contribution in [2.24, 2.45) is 0 Å². The summed E-state index contributed by atoms with van der Waals surface area (Å²) in [5.74, 6) is -0.137. The van der Waals surface area contributed by atoms with Crippen LogP contribution in [0.25, 0.3) is 0 Å². The summed E-state index contributed by atoms with van der Waals surface area (Å²) in [5.41, 5.74) is 0.900. The van der Waals surface area contributed by atoms with Gasteiger partial charge in [-0.05, 0) is 24.1 Å². The minimum Gasteiger partial charge on any atom is -0.406 e. The first-order chi connectivity index (χ1) is 10.5. The molecule has 1 N–H and O–H groups in total. The van der Waals surface area contributed by atoms with Crippen LogP contribution in [0.4, 0.5) is 13.2 Å². The van der Waals surface area contributed by atoms with Gasteiger partial charge in [0.1, 0.15) is 5.75 Å². The molecule has 1 aliphatic heterocycles. The van der Waals surface area contributed by atoms with E-state index in [1.807, 2.05) is 6.07 Å². The second kappa shape index (κ2) is 11.0. The summed E-state index contributed by atoms with van der Waals surface area (Å²) < 4.78 is 41.2. The largest absolute Gasteiger partial charge is 0.573 e. The quantitative estimate of drug-likeness (QED) is 0.772. The van der Waals surface area contributed by atoms with Gasteiger partial charge in [0.2, 0.25) is 0 Å². The molecule has 140 valence electrons. The van der Waals surface area contributed by atoms with E-state index in [0.29, 0.717) is 0 Å². The van der Waals surface area contributed by atoms with Crippen molar-refractivity contribution in [2.75, 3.05) is 26.2 Å². The molecule has 1 aromatic rings. The normalized spacial score (nSPS) is 16.7. The van der Waals surface area contributed by atoms with Crippen LogP contribution in [0.3, 0.4) is 0 Å². The molecule has 0 radical (unpaired) electrons. The lowest BCUT2D eigenvalue weighted by atomic mass is 9.98. The number of ether oxygens (including phenoxy) is 1. The molecule has 0 unspecified atom stereocenters. The van der Waals surface area contributed by atoms with Crippen molar-refractivity contribution < 1.29 is 17.9 Å². The van der Waals surface area contributed by atoms with Gasteiger partial charge in [0.15, 0.2) is 0 Å². The first-order valence-electron chi connectivity index (χ1n) is 7.80. The summed E-state index contributed by atoms with van der Waals surface area (Å²) in [6.45, 7) is 5.79. The molecule has 2 rings (SSSR count). The number of hydrogen-bond donors (Lipinski definition) is 1. The van der Waals surface area contributed by atoms with Gasteiger partial charge in [0.25, 0.3) is 0 Å². The van der Waals surface area contributed by atoms with Gasteiger partial charge < -0.3 is 10.1 Å². The van der Waals surface area contributed by atoms with Crippen LogP contribution >= 0.6 is 24.8 Å². The highest BCUT2D eigenvalue weighted by Crippen LogP contribution is 2.31. The smallest absolute Gasteiger partial charge is 0.406 e. The van der Waals surface area contributed by atoms with Gasteiger partial charge in [-0.15, -0.1) is 38.0 Å². The maximum atomic E-state index is 12.4. The fraction of sp³-hybridized carbons (Fsp3) is 0.625. The Labute approximate surface area is 153 Å². The lowest BCUT2D eigenvalue weighted by Gasteiger charge is -2.35. The topological polar surface area (TPSA) is 24.5 Å². The van der Waals surface area contributed by atoms with Gasteiger partial charge in [-0.3, -0.25) is 4.90 Å². The van der Waals surface area contributed by atoms with Gasteiger partial charge in [0, 0.05) is 32.2 Å². The monoisotopic (exact) mass is 388 g/mol. The van der Waals surface area contributed by atoms with Crippen molar-refractivity contribution in [3.8, 4) is 5.75 Å². The lowest BCUT2D eigenvalue weighted by molar-refractivity contribution is -0.274. The Bertz CT molecular complexity index is 469. The van der Waals surface area contributed by atoms with Gasteiger partial charge in [-0.25, -0.2) is 0 Å². The van der Waals surface area contributed by atoms with Crippen molar-refractivity contribution in [3.05, 3.63) is 29.8 Å². The minimum absolute atomic E-state index is 0. The van der Waals surface area contributed by atoms with E-state index in [1.54, 1.807) is 6.07 Å². The summed E-state index contributed by atoms with van der Waals surface area (Å²) >= 11 is 0. The highest BCUT2D eigenvalue weighted by atomic mass is 35.5. The number of rotatable bonds is 6. The SMILES string of the molecule is CCCC[C@H](c1cccc(OC(F)(F)F)c1)N1CCNCC1.Cl.Cl. The first-order valence-corrected chi connectivity index (χ1v) is 7.80. The summed E-state index contributed by atoms with van der Waals surface area (Å²) in [7, 11) is 0. The summed E-state index contributed by atoms with van der Waals surface area (Å²) in [5, 5.41) is 3.30. The zero-order chi connectivity index (χ0) is 16.0. The molecule has 0 bridgehead atoms. The van der Waals surface area contributed by atoms with Crippen molar-refractivity contribution in [1.82, 2.24) is 10.2 Å².